The zero-order valence-electron chi connectivity index (χ0n) is 16.3. The summed E-state index contributed by atoms with van der Waals surface area (Å²) < 4.78 is 0. The average molecular weight is 408 g/mol. The third-order valence-electron chi connectivity index (χ3n) is 4.44. The molecule has 9 heteroatoms. The van der Waals surface area contributed by atoms with Crippen molar-refractivity contribution in [2.24, 2.45) is 0 Å². The molecular weight excluding hydrogens is 388 g/mol. The molecule has 2 aromatic heterocycles. The average Bonchev–Trinajstić information content (AvgIpc) is 3.12. The van der Waals surface area contributed by atoms with E-state index in [0.29, 0.717) is 16.6 Å². The number of nitrogens with one attached hydrogen (secondary N) is 2. The van der Waals surface area contributed by atoms with Crippen LogP contribution in [0.1, 0.15) is 27.2 Å². The molecule has 2 amide bonds. The number of benzene rings is 1. The van der Waals surface area contributed by atoms with Gasteiger partial charge < -0.3 is 15.5 Å². The third kappa shape index (κ3) is 3.95. The highest BCUT2D eigenvalue weighted by atomic mass is 32.1. The maximum absolute atomic E-state index is 12.3. The molecule has 0 saturated heterocycles. The van der Waals surface area contributed by atoms with E-state index < -0.39 is 0 Å². The SMILES string of the molecule is CC(=O)Nc1cccc(Nc2ncc3c(n2)-c2nc(C(=O)N(C)C)sc2CC3)c1. The number of carbonyl (C=O) groups is 2. The summed E-state index contributed by atoms with van der Waals surface area (Å²) in [6, 6.07) is 7.33. The summed E-state index contributed by atoms with van der Waals surface area (Å²) in [6.07, 6.45) is 3.45. The number of aromatic nitrogens is 3. The Morgan fingerprint density at radius 1 is 1.10 bits per heavy atom. The summed E-state index contributed by atoms with van der Waals surface area (Å²) in [7, 11) is 3.44. The van der Waals surface area contributed by atoms with E-state index in [0.717, 1.165) is 40.4 Å². The highest BCUT2D eigenvalue weighted by molar-refractivity contribution is 7.14. The zero-order valence-corrected chi connectivity index (χ0v) is 17.1. The highest BCUT2D eigenvalue weighted by Crippen LogP contribution is 2.35. The van der Waals surface area contributed by atoms with Crippen LogP contribution < -0.4 is 10.6 Å². The molecule has 8 nitrogen and oxygen atoms in total. The molecule has 29 heavy (non-hydrogen) atoms. The second-order valence-electron chi connectivity index (χ2n) is 6.94. The van der Waals surface area contributed by atoms with Crippen molar-refractivity contribution in [2.75, 3.05) is 24.7 Å². The number of anilines is 3. The number of aryl methyl sites for hydroxylation is 2. The first kappa shape index (κ1) is 19.0. The number of carbonyl (C=O) groups excluding carboxylic acids is 2. The number of nitrogens with zero attached hydrogens (tertiary/aromatic N) is 4. The summed E-state index contributed by atoms with van der Waals surface area (Å²) in [4.78, 5) is 39.8. The normalized spacial score (nSPS) is 12.0. The van der Waals surface area contributed by atoms with Crippen LogP contribution in [0.3, 0.4) is 0 Å². The Hall–Kier alpha value is -3.33. The summed E-state index contributed by atoms with van der Waals surface area (Å²) in [5.41, 5.74) is 3.99. The predicted octanol–water partition coefficient (Wildman–Crippen LogP) is 3.10. The monoisotopic (exact) mass is 408 g/mol. The molecule has 0 saturated carbocycles. The van der Waals surface area contributed by atoms with Gasteiger partial charge in [-0.2, -0.15) is 0 Å². The van der Waals surface area contributed by atoms with Gasteiger partial charge in [-0.1, -0.05) is 6.07 Å². The van der Waals surface area contributed by atoms with E-state index in [2.05, 4.69) is 25.6 Å². The Balaban J connectivity index is 1.64. The first-order valence-electron chi connectivity index (χ1n) is 9.13. The van der Waals surface area contributed by atoms with Crippen molar-refractivity contribution >= 4 is 40.5 Å². The first-order valence-corrected chi connectivity index (χ1v) is 9.94. The van der Waals surface area contributed by atoms with Gasteiger partial charge in [0.15, 0.2) is 5.01 Å². The topological polar surface area (TPSA) is 100 Å². The molecule has 0 spiro atoms. The molecule has 1 aliphatic carbocycles. The van der Waals surface area contributed by atoms with E-state index in [1.807, 2.05) is 24.3 Å². The molecule has 0 fully saturated rings. The predicted molar refractivity (Wildman–Crippen MR) is 113 cm³/mol. The number of hydrogen-bond donors (Lipinski definition) is 2. The molecule has 0 unspecified atom stereocenters. The van der Waals surface area contributed by atoms with Gasteiger partial charge in [0, 0.05) is 43.5 Å². The van der Waals surface area contributed by atoms with Crippen molar-refractivity contribution in [3.8, 4) is 11.4 Å². The van der Waals surface area contributed by atoms with Crippen molar-refractivity contribution in [3.63, 3.8) is 0 Å². The molecule has 0 bridgehead atoms. The molecule has 3 aromatic rings. The number of fused-ring (bicyclic) bond motifs is 3. The molecule has 2 N–H and O–H groups in total. The lowest BCUT2D eigenvalue weighted by Gasteiger charge is -2.15. The van der Waals surface area contributed by atoms with E-state index in [1.54, 1.807) is 20.3 Å². The molecule has 2 heterocycles. The fourth-order valence-corrected chi connectivity index (χ4v) is 4.18. The number of hydrogen-bond acceptors (Lipinski definition) is 7. The molecule has 0 radical (unpaired) electrons. The van der Waals surface area contributed by atoms with Crippen LogP contribution in [0.15, 0.2) is 30.5 Å². The van der Waals surface area contributed by atoms with Crippen LogP contribution in [0.5, 0.6) is 0 Å². The molecular formula is C20H20N6O2S. The molecule has 0 atom stereocenters. The maximum Gasteiger partial charge on any atom is 0.282 e. The third-order valence-corrected chi connectivity index (χ3v) is 5.54. The van der Waals surface area contributed by atoms with Gasteiger partial charge in [-0.15, -0.1) is 11.3 Å². The quantitative estimate of drug-likeness (QED) is 0.688. The Bertz CT molecular complexity index is 1110. The van der Waals surface area contributed by atoms with Crippen LogP contribution in [-0.2, 0) is 17.6 Å². The van der Waals surface area contributed by atoms with Crippen LogP contribution >= 0.6 is 11.3 Å². The van der Waals surface area contributed by atoms with Gasteiger partial charge >= 0.3 is 0 Å². The van der Waals surface area contributed by atoms with Gasteiger partial charge in [0.2, 0.25) is 11.9 Å². The van der Waals surface area contributed by atoms with Crippen LogP contribution in [0.2, 0.25) is 0 Å². The molecule has 0 aliphatic heterocycles. The second kappa shape index (κ2) is 7.59. The standard InChI is InChI=1S/C20H20N6O2S/c1-11(27)22-13-5-4-6-14(9-13)23-20-21-10-12-7-8-15-17(16(12)25-20)24-18(29-15)19(28)26(2)3/h4-6,9-10H,7-8H2,1-3H3,(H,22,27)(H,21,23,25). The van der Waals surface area contributed by atoms with Crippen molar-refractivity contribution < 1.29 is 9.59 Å². The summed E-state index contributed by atoms with van der Waals surface area (Å²) in [5.74, 6) is 0.199. The maximum atomic E-state index is 12.3. The summed E-state index contributed by atoms with van der Waals surface area (Å²) in [6.45, 7) is 1.47. The number of amides is 2. The minimum atomic E-state index is -0.133. The van der Waals surface area contributed by atoms with Gasteiger partial charge in [-0.05, 0) is 36.6 Å². The lowest BCUT2D eigenvalue weighted by Crippen LogP contribution is -2.21. The lowest BCUT2D eigenvalue weighted by atomic mass is 10.00. The Morgan fingerprint density at radius 3 is 2.66 bits per heavy atom. The minimum absolute atomic E-state index is 0.104. The lowest BCUT2D eigenvalue weighted by molar-refractivity contribution is -0.114. The summed E-state index contributed by atoms with van der Waals surface area (Å²) in [5, 5.41) is 6.40. The minimum Gasteiger partial charge on any atom is -0.343 e. The molecule has 1 aromatic carbocycles. The van der Waals surface area contributed by atoms with Crippen molar-refractivity contribution in [1.82, 2.24) is 19.9 Å². The zero-order chi connectivity index (χ0) is 20.5. The smallest absolute Gasteiger partial charge is 0.282 e. The fourth-order valence-electron chi connectivity index (χ4n) is 3.10. The fraction of sp³-hybridized carbons (Fsp3) is 0.250. The van der Waals surface area contributed by atoms with Crippen LogP contribution in [-0.4, -0.2) is 45.8 Å². The van der Waals surface area contributed by atoms with Gasteiger partial charge in [-0.25, -0.2) is 15.0 Å². The molecule has 148 valence electrons. The molecule has 1 aliphatic rings. The Labute approximate surface area is 172 Å². The van der Waals surface area contributed by atoms with Gasteiger partial charge in [0.05, 0.1) is 5.69 Å². The van der Waals surface area contributed by atoms with Gasteiger partial charge in [0.1, 0.15) is 5.69 Å². The second-order valence-corrected chi connectivity index (χ2v) is 8.03. The van der Waals surface area contributed by atoms with Crippen LogP contribution in [0.25, 0.3) is 11.4 Å². The van der Waals surface area contributed by atoms with Gasteiger partial charge in [0.25, 0.3) is 5.91 Å². The van der Waals surface area contributed by atoms with E-state index >= 15 is 0 Å². The number of thiazole rings is 1. The van der Waals surface area contributed by atoms with Crippen molar-refractivity contribution in [3.05, 3.63) is 45.9 Å². The van der Waals surface area contributed by atoms with Gasteiger partial charge in [-0.3, -0.25) is 9.59 Å². The van der Waals surface area contributed by atoms with Crippen molar-refractivity contribution in [2.45, 2.75) is 19.8 Å². The van der Waals surface area contributed by atoms with E-state index in [1.165, 1.54) is 23.2 Å². The largest absolute Gasteiger partial charge is 0.343 e. The van der Waals surface area contributed by atoms with Crippen LogP contribution in [0, 0.1) is 0 Å². The molecule has 4 rings (SSSR count). The highest BCUT2D eigenvalue weighted by Gasteiger charge is 2.25. The van der Waals surface area contributed by atoms with E-state index in [9.17, 15) is 9.59 Å². The van der Waals surface area contributed by atoms with E-state index in [4.69, 9.17) is 0 Å². The number of rotatable bonds is 4. The van der Waals surface area contributed by atoms with Crippen molar-refractivity contribution in [1.29, 1.82) is 0 Å². The van der Waals surface area contributed by atoms with E-state index in [-0.39, 0.29) is 11.8 Å². The Morgan fingerprint density at radius 2 is 1.90 bits per heavy atom. The van der Waals surface area contributed by atoms with Crippen LogP contribution in [0.4, 0.5) is 17.3 Å². The first-order chi connectivity index (χ1) is 13.9. The summed E-state index contributed by atoms with van der Waals surface area (Å²) >= 11 is 1.43. The Kier molecular flexibility index (Phi) is 4.98.